The summed E-state index contributed by atoms with van der Waals surface area (Å²) >= 11 is 0. The van der Waals surface area contributed by atoms with Crippen LogP contribution in [0.15, 0.2) is 73.5 Å². The molecule has 24 heavy (non-hydrogen) atoms. The van der Waals surface area contributed by atoms with Crippen molar-refractivity contribution >= 4 is 12.0 Å². The highest BCUT2D eigenvalue weighted by molar-refractivity contribution is 5.81. The van der Waals surface area contributed by atoms with Gasteiger partial charge >= 0.3 is 5.97 Å². The highest BCUT2D eigenvalue weighted by Gasteiger charge is 1.98. The quantitative estimate of drug-likeness (QED) is 0.230. The minimum atomic E-state index is -0.407. The van der Waals surface area contributed by atoms with E-state index in [2.05, 4.69) is 6.58 Å². The molecule has 0 aromatic heterocycles. The molecule has 0 amide bonds. The number of rotatable bonds is 9. The van der Waals surface area contributed by atoms with Gasteiger partial charge in [0, 0.05) is 12.5 Å². The van der Waals surface area contributed by atoms with E-state index in [-0.39, 0.29) is 6.79 Å². The first-order valence-corrected chi connectivity index (χ1v) is 7.62. The van der Waals surface area contributed by atoms with Gasteiger partial charge in [0.1, 0.15) is 5.75 Å². The summed E-state index contributed by atoms with van der Waals surface area (Å²) in [6.07, 6.45) is 5.29. The molecule has 0 radical (unpaired) electrons. The lowest BCUT2D eigenvalue weighted by atomic mass is 10.1. The largest absolute Gasteiger partial charge is 0.465 e. The summed E-state index contributed by atoms with van der Waals surface area (Å²) in [6.45, 7) is 3.82. The van der Waals surface area contributed by atoms with Crippen LogP contribution in [0.5, 0.6) is 5.75 Å². The molecule has 2 aromatic carbocycles. The third kappa shape index (κ3) is 6.40. The number of ether oxygens (including phenoxy) is 3. The predicted molar refractivity (Wildman–Crippen MR) is 93.4 cm³/mol. The average molecular weight is 324 g/mol. The molecule has 0 bridgehead atoms. The van der Waals surface area contributed by atoms with E-state index in [4.69, 9.17) is 14.2 Å². The fourth-order valence-electron chi connectivity index (χ4n) is 1.91. The third-order valence-electron chi connectivity index (χ3n) is 3.17. The monoisotopic (exact) mass is 324 g/mol. The van der Waals surface area contributed by atoms with Crippen LogP contribution in [-0.2, 0) is 20.7 Å². The Morgan fingerprint density at radius 1 is 1.04 bits per heavy atom. The third-order valence-corrected chi connectivity index (χ3v) is 3.17. The van der Waals surface area contributed by atoms with Gasteiger partial charge in [0.2, 0.25) is 6.79 Å². The molecule has 0 aliphatic rings. The molecule has 0 aliphatic heterocycles. The lowest BCUT2D eigenvalue weighted by Gasteiger charge is -2.07. The molecule has 2 aromatic rings. The molecule has 0 heterocycles. The summed E-state index contributed by atoms with van der Waals surface area (Å²) in [4.78, 5) is 10.9. The van der Waals surface area contributed by atoms with Crippen molar-refractivity contribution < 1.29 is 19.0 Å². The Morgan fingerprint density at radius 2 is 1.79 bits per heavy atom. The van der Waals surface area contributed by atoms with E-state index in [9.17, 15) is 4.79 Å². The first-order valence-electron chi connectivity index (χ1n) is 7.62. The summed E-state index contributed by atoms with van der Waals surface area (Å²) in [5.41, 5.74) is 2.13. The second-order valence-electron chi connectivity index (χ2n) is 4.91. The van der Waals surface area contributed by atoms with Crippen molar-refractivity contribution in [2.24, 2.45) is 0 Å². The number of carbonyl (C=O) groups excluding carboxylic acids is 1. The van der Waals surface area contributed by atoms with Gasteiger partial charge in [0.25, 0.3) is 0 Å². The Morgan fingerprint density at radius 3 is 2.50 bits per heavy atom. The van der Waals surface area contributed by atoms with Crippen LogP contribution < -0.4 is 4.74 Å². The molecule has 0 saturated heterocycles. The molecule has 124 valence electrons. The molecule has 2 rings (SSSR count). The number of hydrogen-bond acceptors (Lipinski definition) is 4. The Balaban J connectivity index is 1.67. The second-order valence-corrected chi connectivity index (χ2v) is 4.91. The van der Waals surface area contributed by atoms with Gasteiger partial charge in [0.05, 0.1) is 12.9 Å². The van der Waals surface area contributed by atoms with Crippen LogP contribution in [0, 0.1) is 0 Å². The Kier molecular flexibility index (Phi) is 7.15. The second kappa shape index (κ2) is 9.90. The summed E-state index contributed by atoms with van der Waals surface area (Å²) in [7, 11) is 0. The van der Waals surface area contributed by atoms with E-state index in [0.29, 0.717) is 13.0 Å². The van der Waals surface area contributed by atoms with Gasteiger partial charge in [-0.05, 0) is 29.3 Å². The van der Waals surface area contributed by atoms with E-state index < -0.39 is 5.97 Å². The highest BCUT2D eigenvalue weighted by Crippen LogP contribution is 2.13. The molecule has 4 heteroatoms. The summed E-state index contributed by atoms with van der Waals surface area (Å²) < 4.78 is 15.7. The van der Waals surface area contributed by atoms with Gasteiger partial charge in [-0.1, -0.05) is 49.0 Å². The molecule has 0 unspecified atom stereocenters. The van der Waals surface area contributed by atoms with Crippen LogP contribution in [0.4, 0.5) is 0 Å². The van der Waals surface area contributed by atoms with E-state index >= 15 is 0 Å². The fourth-order valence-corrected chi connectivity index (χ4v) is 1.91. The Bertz CT molecular complexity index is 660. The maximum absolute atomic E-state index is 10.9. The number of benzene rings is 2. The predicted octanol–water partition coefficient (Wildman–Crippen LogP) is 3.98. The van der Waals surface area contributed by atoms with Gasteiger partial charge in [-0.15, -0.1) is 0 Å². The van der Waals surface area contributed by atoms with E-state index in [1.54, 1.807) is 6.26 Å². The van der Waals surface area contributed by atoms with Gasteiger partial charge in [-0.25, -0.2) is 4.79 Å². The van der Waals surface area contributed by atoms with Gasteiger partial charge in [0.15, 0.2) is 0 Å². The van der Waals surface area contributed by atoms with Crippen molar-refractivity contribution in [2.75, 3.05) is 13.4 Å². The summed E-state index contributed by atoms with van der Waals surface area (Å²) in [5.74, 6) is 0.311. The maximum Gasteiger partial charge on any atom is 0.330 e. The van der Waals surface area contributed by atoms with Crippen molar-refractivity contribution in [2.45, 2.75) is 6.42 Å². The van der Waals surface area contributed by atoms with Crippen molar-refractivity contribution in [1.82, 2.24) is 0 Å². The zero-order valence-corrected chi connectivity index (χ0v) is 13.4. The van der Waals surface area contributed by atoms with E-state index in [1.807, 2.05) is 60.7 Å². The van der Waals surface area contributed by atoms with Crippen LogP contribution >= 0.6 is 0 Å². The average Bonchev–Trinajstić information content (AvgIpc) is 2.63. The van der Waals surface area contributed by atoms with Crippen molar-refractivity contribution in [3.8, 4) is 5.75 Å². The van der Waals surface area contributed by atoms with Crippen LogP contribution in [0.3, 0.4) is 0 Å². The minimum Gasteiger partial charge on any atom is -0.465 e. The molecule has 0 aliphatic carbocycles. The number of carbonyl (C=O) groups is 1. The van der Waals surface area contributed by atoms with E-state index in [1.165, 1.54) is 0 Å². The smallest absolute Gasteiger partial charge is 0.330 e. The van der Waals surface area contributed by atoms with Crippen LogP contribution in [0.25, 0.3) is 6.08 Å². The standard InChI is InChI=1S/C20H20O4/c1-2-20(21)23-15-13-18-8-10-19(11-9-18)24-16-22-14-12-17-6-4-3-5-7-17/h2-12,14H,1,13,15-16H2/b14-12+. The SMILES string of the molecule is C=CC(=O)OCCc1ccc(OCO/C=C/c2ccccc2)cc1. The van der Waals surface area contributed by atoms with Crippen molar-refractivity contribution in [3.63, 3.8) is 0 Å². The van der Waals surface area contributed by atoms with Gasteiger partial charge in [-0.3, -0.25) is 0 Å². The van der Waals surface area contributed by atoms with E-state index in [0.717, 1.165) is 23.0 Å². The fraction of sp³-hybridized carbons (Fsp3) is 0.150. The first kappa shape index (κ1) is 17.3. The highest BCUT2D eigenvalue weighted by atomic mass is 16.7. The molecule has 0 spiro atoms. The lowest BCUT2D eigenvalue weighted by molar-refractivity contribution is -0.137. The zero-order chi connectivity index (χ0) is 17.0. The topological polar surface area (TPSA) is 44.8 Å². The first-order chi connectivity index (χ1) is 11.8. The molecule has 0 atom stereocenters. The van der Waals surface area contributed by atoms with Crippen LogP contribution in [0.1, 0.15) is 11.1 Å². The minimum absolute atomic E-state index is 0.139. The normalized spacial score (nSPS) is 10.3. The molecular weight excluding hydrogens is 304 g/mol. The van der Waals surface area contributed by atoms with Gasteiger partial charge < -0.3 is 14.2 Å². The van der Waals surface area contributed by atoms with Crippen molar-refractivity contribution in [3.05, 3.63) is 84.6 Å². The summed E-state index contributed by atoms with van der Waals surface area (Å²) in [5, 5.41) is 0. The zero-order valence-electron chi connectivity index (χ0n) is 13.4. The molecule has 4 nitrogen and oxygen atoms in total. The maximum atomic E-state index is 10.9. The van der Waals surface area contributed by atoms with Crippen LogP contribution in [-0.4, -0.2) is 19.4 Å². The molecular formula is C20H20O4. The Labute approximate surface area is 142 Å². The molecule has 0 saturated carbocycles. The van der Waals surface area contributed by atoms with Gasteiger partial charge in [-0.2, -0.15) is 0 Å². The lowest BCUT2D eigenvalue weighted by Crippen LogP contribution is -2.04. The van der Waals surface area contributed by atoms with Crippen molar-refractivity contribution in [1.29, 1.82) is 0 Å². The molecule has 0 fully saturated rings. The number of esters is 1. The summed E-state index contributed by atoms with van der Waals surface area (Å²) in [6, 6.07) is 17.5. The molecule has 0 N–H and O–H groups in total. The Hall–Kier alpha value is -3.01. The van der Waals surface area contributed by atoms with Crippen LogP contribution in [0.2, 0.25) is 0 Å². The number of hydrogen-bond donors (Lipinski definition) is 0.